The Kier molecular flexibility index (Phi) is 5.46. The summed E-state index contributed by atoms with van der Waals surface area (Å²) in [5.41, 5.74) is 0.577. The van der Waals surface area contributed by atoms with E-state index in [9.17, 15) is 9.59 Å². The van der Waals surface area contributed by atoms with Crippen LogP contribution in [-0.2, 0) is 4.79 Å². The molecule has 0 aromatic heterocycles. The van der Waals surface area contributed by atoms with Crippen molar-refractivity contribution >= 4 is 11.8 Å². The molecular weight excluding hydrogens is 228 g/mol. The third-order valence-electron chi connectivity index (χ3n) is 2.29. The molecule has 1 aromatic rings. The highest BCUT2D eigenvalue weighted by Gasteiger charge is 2.12. The number of terminal acetylenes is 1. The summed E-state index contributed by atoms with van der Waals surface area (Å²) >= 11 is 0. The van der Waals surface area contributed by atoms with Crippen LogP contribution in [0.2, 0.25) is 0 Å². The molecule has 0 heterocycles. The van der Waals surface area contributed by atoms with Crippen LogP contribution in [0.15, 0.2) is 30.3 Å². The molecule has 0 bridgehead atoms. The second-order valence-electron chi connectivity index (χ2n) is 3.93. The normalized spacial score (nSPS) is 11.1. The summed E-state index contributed by atoms with van der Waals surface area (Å²) in [7, 11) is 0. The van der Waals surface area contributed by atoms with Crippen LogP contribution in [0.1, 0.15) is 23.7 Å². The van der Waals surface area contributed by atoms with Crippen LogP contribution in [0.4, 0.5) is 0 Å². The molecule has 0 spiro atoms. The topological polar surface area (TPSA) is 58.2 Å². The fourth-order valence-corrected chi connectivity index (χ4v) is 1.45. The van der Waals surface area contributed by atoms with Gasteiger partial charge in [-0.05, 0) is 19.1 Å². The van der Waals surface area contributed by atoms with Gasteiger partial charge < -0.3 is 10.6 Å². The van der Waals surface area contributed by atoms with Gasteiger partial charge in [-0.15, -0.1) is 6.42 Å². The van der Waals surface area contributed by atoms with Crippen LogP contribution in [0, 0.1) is 12.3 Å². The number of carbonyl (C=O) groups excluding carboxylic acids is 2. The van der Waals surface area contributed by atoms with Crippen molar-refractivity contribution in [1.82, 2.24) is 10.6 Å². The van der Waals surface area contributed by atoms with E-state index < -0.39 is 0 Å². The number of hydrogen-bond donors (Lipinski definition) is 2. The van der Waals surface area contributed by atoms with E-state index in [1.54, 1.807) is 31.2 Å². The number of amides is 2. The average molecular weight is 244 g/mol. The predicted octanol–water partition coefficient (Wildman–Crippen LogP) is 0.944. The van der Waals surface area contributed by atoms with Crippen molar-refractivity contribution in [2.75, 3.05) is 6.54 Å². The molecule has 0 fully saturated rings. The first-order valence-corrected chi connectivity index (χ1v) is 5.69. The molecule has 0 aliphatic carbocycles. The van der Waals surface area contributed by atoms with E-state index in [0.717, 1.165) is 0 Å². The van der Waals surface area contributed by atoms with Gasteiger partial charge in [0.05, 0.1) is 6.54 Å². The van der Waals surface area contributed by atoms with E-state index in [1.165, 1.54) is 0 Å². The number of hydrogen-bond acceptors (Lipinski definition) is 2. The van der Waals surface area contributed by atoms with E-state index in [2.05, 4.69) is 16.6 Å². The maximum absolute atomic E-state index is 11.8. The summed E-state index contributed by atoms with van der Waals surface area (Å²) < 4.78 is 0. The maximum atomic E-state index is 11.8. The fraction of sp³-hybridized carbons (Fsp3) is 0.286. The van der Waals surface area contributed by atoms with Crippen molar-refractivity contribution in [3.05, 3.63) is 35.9 Å². The minimum atomic E-state index is -0.240. The Morgan fingerprint density at radius 3 is 2.61 bits per heavy atom. The van der Waals surface area contributed by atoms with Crippen LogP contribution in [0.25, 0.3) is 0 Å². The lowest BCUT2D eigenvalue weighted by Gasteiger charge is -2.13. The molecule has 0 saturated heterocycles. The van der Waals surface area contributed by atoms with E-state index >= 15 is 0 Å². The van der Waals surface area contributed by atoms with Crippen molar-refractivity contribution < 1.29 is 9.59 Å². The van der Waals surface area contributed by atoms with E-state index in [4.69, 9.17) is 6.42 Å². The average Bonchev–Trinajstić information content (AvgIpc) is 2.37. The molecule has 0 radical (unpaired) electrons. The van der Waals surface area contributed by atoms with Crippen LogP contribution in [0.3, 0.4) is 0 Å². The Balaban J connectivity index is 2.41. The zero-order valence-corrected chi connectivity index (χ0v) is 10.3. The van der Waals surface area contributed by atoms with Gasteiger partial charge in [-0.3, -0.25) is 9.59 Å². The largest absolute Gasteiger partial charge is 0.349 e. The molecule has 1 rings (SSSR count). The maximum Gasteiger partial charge on any atom is 0.251 e. The van der Waals surface area contributed by atoms with Crippen LogP contribution in [0.5, 0.6) is 0 Å². The van der Waals surface area contributed by atoms with Crippen molar-refractivity contribution in [2.45, 2.75) is 19.4 Å². The van der Waals surface area contributed by atoms with E-state index in [-0.39, 0.29) is 30.8 Å². The fourth-order valence-electron chi connectivity index (χ4n) is 1.45. The van der Waals surface area contributed by atoms with Gasteiger partial charge in [-0.1, -0.05) is 24.1 Å². The summed E-state index contributed by atoms with van der Waals surface area (Å²) in [5, 5.41) is 5.30. The van der Waals surface area contributed by atoms with Gasteiger partial charge in [0.2, 0.25) is 5.91 Å². The smallest absolute Gasteiger partial charge is 0.251 e. The lowest BCUT2D eigenvalue weighted by molar-refractivity contribution is -0.121. The zero-order chi connectivity index (χ0) is 13.4. The number of carbonyl (C=O) groups is 2. The third-order valence-corrected chi connectivity index (χ3v) is 2.29. The molecule has 2 amide bonds. The summed E-state index contributed by atoms with van der Waals surface area (Å²) in [4.78, 5) is 23.1. The van der Waals surface area contributed by atoms with Gasteiger partial charge in [-0.2, -0.15) is 0 Å². The SMILES string of the molecule is C#CCNC(=O)C[C@H](C)NC(=O)c1ccccc1. The molecule has 18 heavy (non-hydrogen) atoms. The van der Waals surface area contributed by atoms with E-state index in [0.29, 0.717) is 5.56 Å². The molecule has 1 aromatic carbocycles. The van der Waals surface area contributed by atoms with Gasteiger partial charge in [0.25, 0.3) is 5.91 Å². The Morgan fingerprint density at radius 1 is 1.33 bits per heavy atom. The molecule has 0 saturated carbocycles. The summed E-state index contributed by atoms with van der Waals surface area (Å²) in [5.74, 6) is 1.96. The summed E-state index contributed by atoms with van der Waals surface area (Å²) in [6.45, 7) is 1.98. The monoisotopic (exact) mass is 244 g/mol. The highest BCUT2D eigenvalue weighted by atomic mass is 16.2. The van der Waals surface area contributed by atoms with Crippen molar-refractivity contribution in [3.63, 3.8) is 0 Å². The van der Waals surface area contributed by atoms with Gasteiger partial charge in [0.1, 0.15) is 0 Å². The predicted molar refractivity (Wildman–Crippen MR) is 69.8 cm³/mol. The molecular formula is C14H16N2O2. The van der Waals surface area contributed by atoms with E-state index in [1.807, 2.05) is 6.07 Å². The van der Waals surface area contributed by atoms with Gasteiger partial charge in [-0.25, -0.2) is 0 Å². The number of benzene rings is 1. The molecule has 4 heteroatoms. The highest BCUT2D eigenvalue weighted by Crippen LogP contribution is 2.00. The highest BCUT2D eigenvalue weighted by molar-refractivity contribution is 5.94. The van der Waals surface area contributed by atoms with Crippen molar-refractivity contribution in [1.29, 1.82) is 0 Å². The van der Waals surface area contributed by atoms with Crippen molar-refractivity contribution in [3.8, 4) is 12.3 Å². The Bertz CT molecular complexity index is 449. The van der Waals surface area contributed by atoms with Gasteiger partial charge in [0.15, 0.2) is 0 Å². The summed E-state index contributed by atoms with van der Waals surface area (Å²) in [6, 6.07) is 8.63. The third kappa shape index (κ3) is 4.71. The first kappa shape index (κ1) is 13.8. The lowest BCUT2D eigenvalue weighted by atomic mass is 10.1. The van der Waals surface area contributed by atoms with Crippen LogP contribution in [-0.4, -0.2) is 24.4 Å². The molecule has 4 nitrogen and oxygen atoms in total. The molecule has 2 N–H and O–H groups in total. The molecule has 1 atom stereocenters. The minimum Gasteiger partial charge on any atom is -0.349 e. The number of rotatable bonds is 5. The second kappa shape index (κ2) is 7.13. The van der Waals surface area contributed by atoms with Crippen LogP contribution >= 0.6 is 0 Å². The minimum absolute atomic E-state index is 0.172. The number of nitrogens with one attached hydrogen (secondary N) is 2. The second-order valence-corrected chi connectivity index (χ2v) is 3.93. The van der Waals surface area contributed by atoms with Crippen LogP contribution < -0.4 is 10.6 Å². The zero-order valence-electron chi connectivity index (χ0n) is 10.3. The Morgan fingerprint density at radius 2 is 2.00 bits per heavy atom. The Hall–Kier alpha value is -2.28. The molecule has 0 aliphatic heterocycles. The molecule has 0 aliphatic rings. The van der Waals surface area contributed by atoms with Gasteiger partial charge in [0, 0.05) is 18.0 Å². The quantitative estimate of drug-likeness (QED) is 0.757. The molecule has 94 valence electrons. The Labute approximate surface area is 107 Å². The van der Waals surface area contributed by atoms with Gasteiger partial charge >= 0.3 is 0 Å². The lowest BCUT2D eigenvalue weighted by Crippen LogP contribution is -2.37. The van der Waals surface area contributed by atoms with Crippen molar-refractivity contribution in [2.24, 2.45) is 0 Å². The summed E-state index contributed by atoms with van der Waals surface area (Å²) in [6.07, 6.45) is 5.24. The first-order valence-electron chi connectivity index (χ1n) is 5.69. The first-order chi connectivity index (χ1) is 8.63. The standard InChI is InChI=1S/C14H16N2O2/c1-3-9-15-13(17)10-11(2)16-14(18)12-7-5-4-6-8-12/h1,4-8,11H,9-10H2,2H3,(H,15,17)(H,16,18)/t11-/m0/s1. The molecule has 0 unspecified atom stereocenters.